The maximum Gasteiger partial charge on any atom is 0.348 e. The number of hydrogen-bond donors (Lipinski definition) is 1. The standard InChI is InChI=1S/C24H26ClN3O4S/c1-13-9-10-16(11-18(13)25)27-21(29)15(3)28-12-26-22-19(23(28)30)14(2)20(33-22)24(31)32-17-7-5-4-6-8-17/h9-12,15,17H,4-8H2,1-3H3,(H,27,29). The van der Waals surface area contributed by atoms with Crippen LogP contribution >= 0.6 is 22.9 Å². The van der Waals surface area contributed by atoms with Gasteiger partial charge in [0, 0.05) is 10.7 Å². The Balaban J connectivity index is 1.58. The molecule has 1 amide bonds. The molecule has 1 aliphatic carbocycles. The summed E-state index contributed by atoms with van der Waals surface area (Å²) in [4.78, 5) is 44.0. The number of hydrogen-bond acceptors (Lipinski definition) is 6. The van der Waals surface area contributed by atoms with Gasteiger partial charge < -0.3 is 10.1 Å². The summed E-state index contributed by atoms with van der Waals surface area (Å²) in [7, 11) is 0. The number of nitrogens with zero attached hydrogens (tertiary/aromatic N) is 2. The fourth-order valence-electron chi connectivity index (χ4n) is 4.04. The van der Waals surface area contributed by atoms with Gasteiger partial charge in [-0.05, 0) is 69.7 Å². The van der Waals surface area contributed by atoms with E-state index >= 15 is 0 Å². The Morgan fingerprint density at radius 1 is 1.24 bits per heavy atom. The van der Waals surface area contributed by atoms with Crippen molar-refractivity contribution in [2.45, 2.75) is 65.0 Å². The van der Waals surface area contributed by atoms with Crippen molar-refractivity contribution in [3.05, 3.63) is 55.9 Å². The molecule has 0 radical (unpaired) electrons. The van der Waals surface area contributed by atoms with E-state index < -0.39 is 12.0 Å². The predicted molar refractivity (Wildman–Crippen MR) is 130 cm³/mol. The Labute approximate surface area is 200 Å². The smallest absolute Gasteiger partial charge is 0.348 e. The van der Waals surface area contributed by atoms with Gasteiger partial charge >= 0.3 is 5.97 Å². The summed E-state index contributed by atoms with van der Waals surface area (Å²) >= 11 is 7.29. The maximum atomic E-state index is 13.2. The molecular weight excluding hydrogens is 462 g/mol. The predicted octanol–water partition coefficient (Wildman–Crippen LogP) is 5.42. The molecule has 1 atom stereocenters. The van der Waals surface area contributed by atoms with E-state index in [1.54, 1.807) is 26.0 Å². The Morgan fingerprint density at radius 2 is 1.97 bits per heavy atom. The van der Waals surface area contributed by atoms with Crippen LogP contribution in [0.1, 0.15) is 65.9 Å². The SMILES string of the molecule is Cc1ccc(NC(=O)C(C)n2cnc3sc(C(=O)OC4CCCCC4)c(C)c3c2=O)cc1Cl. The van der Waals surface area contributed by atoms with E-state index in [-0.39, 0.29) is 17.6 Å². The fraction of sp³-hybridized carbons (Fsp3) is 0.417. The van der Waals surface area contributed by atoms with Crippen molar-refractivity contribution in [1.29, 1.82) is 0 Å². The van der Waals surface area contributed by atoms with Crippen LogP contribution in [0.25, 0.3) is 10.2 Å². The first-order valence-electron chi connectivity index (χ1n) is 11.0. The lowest BCUT2D eigenvalue weighted by Crippen LogP contribution is -2.31. The van der Waals surface area contributed by atoms with Crippen molar-refractivity contribution in [2.24, 2.45) is 0 Å². The zero-order valence-electron chi connectivity index (χ0n) is 18.8. The first-order valence-corrected chi connectivity index (χ1v) is 12.2. The molecule has 0 spiro atoms. The fourth-order valence-corrected chi connectivity index (χ4v) is 5.24. The molecule has 2 heterocycles. The third kappa shape index (κ3) is 4.82. The molecule has 1 aromatic carbocycles. The van der Waals surface area contributed by atoms with E-state index in [1.165, 1.54) is 17.3 Å². The average molecular weight is 488 g/mol. The van der Waals surface area contributed by atoms with Gasteiger partial charge in [-0.1, -0.05) is 24.1 Å². The van der Waals surface area contributed by atoms with Crippen molar-refractivity contribution >= 4 is 50.7 Å². The van der Waals surface area contributed by atoms with Gasteiger partial charge in [0.25, 0.3) is 5.56 Å². The molecule has 0 aliphatic heterocycles. The van der Waals surface area contributed by atoms with Gasteiger partial charge in [0.2, 0.25) is 5.91 Å². The van der Waals surface area contributed by atoms with Gasteiger partial charge in [-0.25, -0.2) is 9.78 Å². The number of carbonyl (C=O) groups excluding carboxylic acids is 2. The van der Waals surface area contributed by atoms with E-state index in [0.29, 0.717) is 31.4 Å². The lowest BCUT2D eigenvalue weighted by molar-refractivity contribution is -0.118. The highest BCUT2D eigenvalue weighted by atomic mass is 35.5. The second kappa shape index (κ2) is 9.65. The summed E-state index contributed by atoms with van der Waals surface area (Å²) in [6.07, 6.45) is 6.32. The molecule has 1 saturated carbocycles. The number of rotatable bonds is 5. The van der Waals surface area contributed by atoms with Crippen LogP contribution in [-0.4, -0.2) is 27.5 Å². The minimum absolute atomic E-state index is 0.0699. The molecular formula is C24H26ClN3O4S. The number of halogens is 1. The Kier molecular flexibility index (Phi) is 6.86. The van der Waals surface area contributed by atoms with Crippen molar-refractivity contribution in [1.82, 2.24) is 9.55 Å². The molecule has 1 unspecified atom stereocenters. The highest BCUT2D eigenvalue weighted by Gasteiger charge is 2.26. The van der Waals surface area contributed by atoms with Crippen LogP contribution < -0.4 is 10.9 Å². The van der Waals surface area contributed by atoms with Crippen LogP contribution in [0.5, 0.6) is 0 Å². The summed E-state index contributed by atoms with van der Waals surface area (Å²) < 4.78 is 6.97. The largest absolute Gasteiger partial charge is 0.458 e. The first kappa shape index (κ1) is 23.4. The molecule has 0 saturated heterocycles. The van der Waals surface area contributed by atoms with Crippen LogP contribution in [0.15, 0.2) is 29.3 Å². The molecule has 2 aromatic heterocycles. The van der Waals surface area contributed by atoms with Crippen LogP contribution in [0.4, 0.5) is 5.69 Å². The summed E-state index contributed by atoms with van der Waals surface area (Å²) in [5.41, 5.74) is 1.62. The Bertz CT molecular complexity index is 1280. The van der Waals surface area contributed by atoms with Crippen LogP contribution in [-0.2, 0) is 9.53 Å². The Hall–Kier alpha value is -2.71. The second-order valence-corrected chi connectivity index (χ2v) is 9.89. The number of esters is 1. The number of aryl methyl sites for hydroxylation is 2. The van der Waals surface area contributed by atoms with Gasteiger partial charge in [0.1, 0.15) is 21.9 Å². The minimum Gasteiger partial charge on any atom is -0.458 e. The maximum absolute atomic E-state index is 13.2. The number of aromatic nitrogens is 2. The second-order valence-electron chi connectivity index (χ2n) is 8.49. The molecule has 1 N–H and O–H groups in total. The van der Waals surface area contributed by atoms with Crippen molar-refractivity contribution < 1.29 is 14.3 Å². The molecule has 0 bridgehead atoms. The van der Waals surface area contributed by atoms with Gasteiger partial charge in [0.15, 0.2) is 0 Å². The molecule has 4 rings (SSSR count). The van der Waals surface area contributed by atoms with Crippen LogP contribution in [0.2, 0.25) is 5.02 Å². The van der Waals surface area contributed by atoms with E-state index in [2.05, 4.69) is 10.3 Å². The van der Waals surface area contributed by atoms with Crippen molar-refractivity contribution in [2.75, 3.05) is 5.32 Å². The highest BCUT2D eigenvalue weighted by molar-refractivity contribution is 7.20. The molecule has 33 heavy (non-hydrogen) atoms. The zero-order valence-corrected chi connectivity index (χ0v) is 20.4. The number of benzene rings is 1. The van der Waals surface area contributed by atoms with Gasteiger partial charge in [-0.3, -0.25) is 14.2 Å². The number of ether oxygens (including phenoxy) is 1. The molecule has 1 fully saturated rings. The van der Waals surface area contributed by atoms with E-state index in [1.807, 2.05) is 13.0 Å². The Morgan fingerprint density at radius 3 is 2.67 bits per heavy atom. The number of nitrogens with one attached hydrogen (secondary N) is 1. The van der Waals surface area contributed by atoms with E-state index in [0.717, 1.165) is 42.6 Å². The summed E-state index contributed by atoms with van der Waals surface area (Å²) in [5, 5.41) is 3.67. The normalized spacial score (nSPS) is 15.4. The quantitative estimate of drug-likeness (QED) is 0.485. The summed E-state index contributed by atoms with van der Waals surface area (Å²) in [6, 6.07) is 4.42. The monoisotopic (exact) mass is 487 g/mol. The molecule has 174 valence electrons. The number of carbonyl (C=O) groups is 2. The molecule has 3 aromatic rings. The van der Waals surface area contributed by atoms with Gasteiger partial charge in [0.05, 0.1) is 11.7 Å². The zero-order chi connectivity index (χ0) is 23.7. The summed E-state index contributed by atoms with van der Waals surface area (Å²) in [6.45, 7) is 5.22. The third-order valence-electron chi connectivity index (χ3n) is 6.12. The van der Waals surface area contributed by atoms with Crippen molar-refractivity contribution in [3.8, 4) is 0 Å². The lowest BCUT2D eigenvalue weighted by atomic mass is 9.98. The van der Waals surface area contributed by atoms with E-state index in [9.17, 15) is 14.4 Å². The number of amides is 1. The topological polar surface area (TPSA) is 90.3 Å². The van der Waals surface area contributed by atoms with Crippen LogP contribution in [0.3, 0.4) is 0 Å². The average Bonchev–Trinajstić information content (AvgIpc) is 3.14. The third-order valence-corrected chi connectivity index (χ3v) is 7.71. The van der Waals surface area contributed by atoms with Crippen LogP contribution in [0, 0.1) is 13.8 Å². The number of fused-ring (bicyclic) bond motifs is 1. The van der Waals surface area contributed by atoms with Gasteiger partial charge in [-0.15, -0.1) is 11.3 Å². The molecule has 1 aliphatic rings. The summed E-state index contributed by atoms with van der Waals surface area (Å²) in [5.74, 6) is -0.779. The first-order chi connectivity index (χ1) is 15.8. The highest BCUT2D eigenvalue weighted by Crippen LogP contribution is 2.30. The number of thiophene rings is 1. The lowest BCUT2D eigenvalue weighted by Gasteiger charge is -2.21. The van der Waals surface area contributed by atoms with Gasteiger partial charge in [-0.2, -0.15) is 0 Å². The molecule has 7 nitrogen and oxygen atoms in total. The van der Waals surface area contributed by atoms with E-state index in [4.69, 9.17) is 16.3 Å². The molecule has 9 heteroatoms. The van der Waals surface area contributed by atoms with Crippen molar-refractivity contribution in [3.63, 3.8) is 0 Å². The minimum atomic E-state index is -0.814. The number of anilines is 1.